The van der Waals surface area contributed by atoms with E-state index < -0.39 is 0 Å². The van der Waals surface area contributed by atoms with E-state index >= 15 is 0 Å². The fourth-order valence-electron chi connectivity index (χ4n) is 2.83. The van der Waals surface area contributed by atoms with Crippen LogP contribution in [0, 0.1) is 0 Å². The Labute approximate surface area is 127 Å². The van der Waals surface area contributed by atoms with Gasteiger partial charge in [-0.2, -0.15) is 0 Å². The van der Waals surface area contributed by atoms with Crippen LogP contribution in [0.4, 0.5) is 5.69 Å². The average molecular weight is 289 g/mol. The van der Waals surface area contributed by atoms with Crippen molar-refractivity contribution >= 4 is 11.6 Å². The number of fused-ring (bicyclic) bond motifs is 1. The zero-order chi connectivity index (χ0) is 14.9. The summed E-state index contributed by atoms with van der Waals surface area (Å²) in [6, 6.07) is 8.60. The van der Waals surface area contributed by atoms with Crippen molar-refractivity contribution in [3.8, 4) is 0 Å². The fraction of sp³-hybridized carbons (Fsp3) is 0.588. The maximum Gasteiger partial charge on any atom is 0.219 e. The third kappa shape index (κ3) is 5.05. The number of para-hydroxylation sites is 1. The smallest absolute Gasteiger partial charge is 0.219 e. The molecule has 1 aliphatic heterocycles. The molecule has 116 valence electrons. The van der Waals surface area contributed by atoms with Crippen molar-refractivity contribution in [1.82, 2.24) is 5.32 Å². The number of amides is 1. The van der Waals surface area contributed by atoms with Gasteiger partial charge in [-0.05, 0) is 43.9 Å². The minimum absolute atomic E-state index is 0.175. The zero-order valence-corrected chi connectivity index (χ0v) is 12.8. The number of nitrogens with two attached hydrogens (primary N) is 1. The monoisotopic (exact) mass is 289 g/mol. The third-order valence-corrected chi connectivity index (χ3v) is 4.02. The molecule has 0 unspecified atom stereocenters. The quantitative estimate of drug-likeness (QED) is 0.684. The van der Waals surface area contributed by atoms with E-state index in [0.717, 1.165) is 58.3 Å². The van der Waals surface area contributed by atoms with Gasteiger partial charge in [-0.15, -0.1) is 0 Å². The van der Waals surface area contributed by atoms with Crippen LogP contribution >= 0.6 is 0 Å². The Morgan fingerprint density at radius 3 is 2.90 bits per heavy atom. The predicted octanol–water partition coefficient (Wildman–Crippen LogP) is 2.07. The van der Waals surface area contributed by atoms with Crippen molar-refractivity contribution in [2.45, 2.75) is 38.5 Å². The van der Waals surface area contributed by atoms with Gasteiger partial charge in [0.2, 0.25) is 5.91 Å². The second-order valence-electron chi connectivity index (χ2n) is 5.67. The first-order valence-corrected chi connectivity index (χ1v) is 8.11. The molecule has 1 aromatic carbocycles. The molecule has 0 aromatic heterocycles. The maximum atomic E-state index is 11.6. The highest BCUT2D eigenvalue weighted by Gasteiger charge is 2.17. The molecule has 0 saturated carbocycles. The predicted molar refractivity (Wildman–Crippen MR) is 87.5 cm³/mol. The van der Waals surface area contributed by atoms with Gasteiger partial charge in [0, 0.05) is 31.7 Å². The lowest BCUT2D eigenvalue weighted by molar-refractivity contribution is -0.121. The van der Waals surface area contributed by atoms with E-state index in [-0.39, 0.29) is 5.91 Å². The number of nitrogens with one attached hydrogen (secondary N) is 1. The molecule has 0 saturated heterocycles. The Morgan fingerprint density at radius 2 is 2.05 bits per heavy atom. The highest BCUT2D eigenvalue weighted by Crippen LogP contribution is 2.27. The van der Waals surface area contributed by atoms with E-state index in [1.54, 1.807) is 0 Å². The van der Waals surface area contributed by atoms with Gasteiger partial charge in [0.15, 0.2) is 0 Å². The minimum atomic E-state index is 0.175. The van der Waals surface area contributed by atoms with Crippen LogP contribution in [0.15, 0.2) is 24.3 Å². The van der Waals surface area contributed by atoms with Crippen LogP contribution in [0.3, 0.4) is 0 Å². The Bertz CT molecular complexity index is 447. The van der Waals surface area contributed by atoms with E-state index in [2.05, 4.69) is 34.5 Å². The van der Waals surface area contributed by atoms with Crippen LogP contribution < -0.4 is 16.0 Å². The molecule has 1 amide bonds. The number of rotatable bonds is 9. The van der Waals surface area contributed by atoms with E-state index in [0.29, 0.717) is 6.42 Å². The molecule has 0 fully saturated rings. The van der Waals surface area contributed by atoms with E-state index in [4.69, 9.17) is 5.73 Å². The van der Waals surface area contributed by atoms with Gasteiger partial charge in [-0.25, -0.2) is 0 Å². The van der Waals surface area contributed by atoms with Gasteiger partial charge in [-0.1, -0.05) is 24.6 Å². The molecule has 0 atom stereocenters. The van der Waals surface area contributed by atoms with Crippen LogP contribution in [0.5, 0.6) is 0 Å². The molecule has 0 aliphatic carbocycles. The Balaban J connectivity index is 1.57. The molecule has 4 nitrogen and oxygen atoms in total. The second-order valence-corrected chi connectivity index (χ2v) is 5.67. The standard InChI is InChI=1S/C17H27N3O/c18-11-5-1-2-9-17(21)19-12-6-13-20-14-10-15-7-3-4-8-16(15)20/h3-4,7-8H,1-2,5-6,9-14,18H2,(H,19,21). The van der Waals surface area contributed by atoms with E-state index in [9.17, 15) is 4.79 Å². The molecular formula is C17H27N3O. The Hall–Kier alpha value is -1.55. The maximum absolute atomic E-state index is 11.6. The van der Waals surface area contributed by atoms with Gasteiger partial charge >= 0.3 is 0 Å². The number of hydrogen-bond donors (Lipinski definition) is 2. The average Bonchev–Trinajstić information content (AvgIpc) is 2.91. The van der Waals surface area contributed by atoms with Crippen LogP contribution in [0.25, 0.3) is 0 Å². The van der Waals surface area contributed by atoms with Gasteiger partial charge < -0.3 is 16.0 Å². The summed E-state index contributed by atoms with van der Waals surface area (Å²) in [6.07, 6.45) is 5.79. The van der Waals surface area contributed by atoms with Crippen molar-refractivity contribution in [2.24, 2.45) is 5.73 Å². The Kier molecular flexibility index (Phi) is 6.54. The lowest BCUT2D eigenvalue weighted by atomic mass is 10.2. The zero-order valence-electron chi connectivity index (χ0n) is 12.8. The minimum Gasteiger partial charge on any atom is -0.371 e. The summed E-state index contributed by atoms with van der Waals surface area (Å²) >= 11 is 0. The number of unbranched alkanes of at least 4 members (excludes halogenated alkanes) is 2. The first-order valence-electron chi connectivity index (χ1n) is 8.11. The van der Waals surface area contributed by atoms with Crippen molar-refractivity contribution in [3.63, 3.8) is 0 Å². The first kappa shape index (κ1) is 15.8. The molecule has 21 heavy (non-hydrogen) atoms. The van der Waals surface area contributed by atoms with Gasteiger partial charge in [0.1, 0.15) is 0 Å². The van der Waals surface area contributed by atoms with Crippen LogP contribution in [-0.4, -0.2) is 32.1 Å². The fourth-order valence-corrected chi connectivity index (χ4v) is 2.83. The molecule has 1 heterocycles. The third-order valence-electron chi connectivity index (χ3n) is 4.02. The van der Waals surface area contributed by atoms with Gasteiger partial charge in [0.05, 0.1) is 0 Å². The number of carbonyl (C=O) groups is 1. The summed E-state index contributed by atoms with van der Waals surface area (Å²) in [6.45, 7) is 3.62. The lowest BCUT2D eigenvalue weighted by Gasteiger charge is -2.19. The van der Waals surface area contributed by atoms with Crippen LogP contribution in [-0.2, 0) is 11.2 Å². The topological polar surface area (TPSA) is 58.4 Å². The number of benzene rings is 1. The second kappa shape index (κ2) is 8.67. The molecule has 2 rings (SSSR count). The van der Waals surface area contributed by atoms with E-state index in [1.807, 2.05) is 0 Å². The highest BCUT2D eigenvalue weighted by molar-refractivity contribution is 5.75. The number of anilines is 1. The highest BCUT2D eigenvalue weighted by atomic mass is 16.1. The summed E-state index contributed by atoms with van der Waals surface area (Å²) < 4.78 is 0. The SMILES string of the molecule is NCCCCCC(=O)NCCCN1CCc2ccccc21. The molecular weight excluding hydrogens is 262 g/mol. The van der Waals surface area contributed by atoms with E-state index in [1.165, 1.54) is 11.3 Å². The normalized spacial score (nSPS) is 13.3. The number of nitrogens with zero attached hydrogens (tertiary/aromatic N) is 1. The summed E-state index contributed by atoms with van der Waals surface area (Å²) in [4.78, 5) is 14.1. The van der Waals surface area contributed by atoms with Gasteiger partial charge in [-0.3, -0.25) is 4.79 Å². The van der Waals surface area contributed by atoms with Crippen molar-refractivity contribution < 1.29 is 4.79 Å². The Morgan fingerprint density at radius 1 is 1.19 bits per heavy atom. The lowest BCUT2D eigenvalue weighted by Crippen LogP contribution is -2.29. The summed E-state index contributed by atoms with van der Waals surface area (Å²) in [7, 11) is 0. The molecule has 0 spiro atoms. The summed E-state index contributed by atoms with van der Waals surface area (Å²) in [5.74, 6) is 0.175. The molecule has 0 bridgehead atoms. The first-order chi connectivity index (χ1) is 10.3. The number of carbonyl (C=O) groups excluding carboxylic acids is 1. The summed E-state index contributed by atoms with van der Waals surface area (Å²) in [5, 5.41) is 3.01. The molecule has 1 aliphatic rings. The van der Waals surface area contributed by atoms with Crippen molar-refractivity contribution in [3.05, 3.63) is 29.8 Å². The van der Waals surface area contributed by atoms with Crippen molar-refractivity contribution in [2.75, 3.05) is 31.1 Å². The molecule has 3 N–H and O–H groups in total. The number of hydrogen-bond acceptors (Lipinski definition) is 3. The molecule has 4 heteroatoms. The van der Waals surface area contributed by atoms with Gasteiger partial charge in [0.25, 0.3) is 0 Å². The van der Waals surface area contributed by atoms with Crippen LogP contribution in [0.1, 0.15) is 37.7 Å². The molecule has 1 aromatic rings. The van der Waals surface area contributed by atoms with Crippen LogP contribution in [0.2, 0.25) is 0 Å². The largest absolute Gasteiger partial charge is 0.371 e. The van der Waals surface area contributed by atoms with Crippen molar-refractivity contribution in [1.29, 1.82) is 0 Å². The molecule has 0 radical (unpaired) electrons. The summed E-state index contributed by atoms with van der Waals surface area (Å²) in [5.41, 5.74) is 8.24.